The number of morpholine rings is 1. The molecule has 0 aliphatic carbocycles. The summed E-state index contributed by atoms with van der Waals surface area (Å²) in [7, 11) is 0. The number of carboxylic acid groups (broad SMARTS) is 1. The van der Waals surface area contributed by atoms with Gasteiger partial charge in [-0.2, -0.15) is 0 Å². The third-order valence-electron chi connectivity index (χ3n) is 1.95. The highest BCUT2D eigenvalue weighted by Gasteiger charge is 2.24. The molecule has 14 heavy (non-hydrogen) atoms. The van der Waals surface area contributed by atoms with Gasteiger partial charge < -0.3 is 20.5 Å². The van der Waals surface area contributed by atoms with Crippen molar-refractivity contribution in [2.45, 2.75) is 19.1 Å². The fraction of sp³-hybridized carbons (Fsp3) is 0.750. The van der Waals surface area contributed by atoms with Crippen molar-refractivity contribution in [3.8, 4) is 0 Å². The minimum atomic E-state index is -1.05. The number of ether oxygens (including phenoxy) is 1. The summed E-state index contributed by atoms with van der Waals surface area (Å²) in [6, 6.07) is -0.881. The van der Waals surface area contributed by atoms with Crippen LogP contribution < -0.4 is 10.6 Å². The van der Waals surface area contributed by atoms with E-state index in [9.17, 15) is 9.59 Å². The Kier molecular flexibility index (Phi) is 3.84. The van der Waals surface area contributed by atoms with Gasteiger partial charge >= 0.3 is 5.97 Å². The van der Waals surface area contributed by atoms with Crippen molar-refractivity contribution in [2.24, 2.45) is 0 Å². The highest BCUT2D eigenvalue weighted by Crippen LogP contribution is 1.96. The molecule has 2 atom stereocenters. The minimum absolute atomic E-state index is 0.382. The van der Waals surface area contributed by atoms with Crippen LogP contribution in [0, 0.1) is 0 Å². The monoisotopic (exact) mass is 202 g/mol. The highest BCUT2D eigenvalue weighted by molar-refractivity contribution is 5.86. The Bertz CT molecular complexity index is 225. The molecule has 1 aliphatic heterocycles. The lowest BCUT2D eigenvalue weighted by Crippen LogP contribution is -2.51. The summed E-state index contributed by atoms with van der Waals surface area (Å²) in [5, 5.41) is 13.9. The van der Waals surface area contributed by atoms with E-state index in [0.717, 1.165) is 6.54 Å². The number of hydrogen-bond donors (Lipinski definition) is 3. The molecule has 0 bridgehead atoms. The summed E-state index contributed by atoms with van der Waals surface area (Å²) in [5.41, 5.74) is 0. The van der Waals surface area contributed by atoms with Crippen LogP contribution in [0.2, 0.25) is 0 Å². The lowest BCUT2D eigenvalue weighted by atomic mass is 10.2. The molecular formula is C8H14N2O4. The second-order valence-corrected chi connectivity index (χ2v) is 3.13. The number of nitrogens with one attached hydrogen (secondary N) is 2. The molecule has 1 aliphatic rings. The Labute approximate surface area is 81.6 Å². The van der Waals surface area contributed by atoms with Crippen LogP contribution in [0.5, 0.6) is 0 Å². The van der Waals surface area contributed by atoms with Gasteiger partial charge in [-0.25, -0.2) is 0 Å². The first kappa shape index (κ1) is 10.9. The number of hydrogen-bond acceptors (Lipinski definition) is 4. The zero-order valence-electron chi connectivity index (χ0n) is 7.95. The largest absolute Gasteiger partial charge is 0.480 e. The normalized spacial score (nSPS) is 23.9. The van der Waals surface area contributed by atoms with E-state index in [1.807, 2.05) is 0 Å². The maximum absolute atomic E-state index is 11.4. The SMILES string of the molecule is CC(NC(=O)C1CNCCO1)C(=O)O. The number of aliphatic carboxylic acids is 1. The second kappa shape index (κ2) is 4.92. The molecule has 0 aromatic rings. The van der Waals surface area contributed by atoms with Gasteiger partial charge in [-0.15, -0.1) is 0 Å². The molecule has 3 N–H and O–H groups in total. The van der Waals surface area contributed by atoms with Crippen LogP contribution in [-0.4, -0.2) is 48.8 Å². The molecule has 6 nitrogen and oxygen atoms in total. The summed E-state index contributed by atoms with van der Waals surface area (Å²) in [6.07, 6.45) is -0.578. The van der Waals surface area contributed by atoms with Gasteiger partial charge in [0, 0.05) is 13.1 Å². The molecule has 0 spiro atoms. The van der Waals surface area contributed by atoms with E-state index in [-0.39, 0.29) is 5.91 Å². The van der Waals surface area contributed by atoms with Gasteiger partial charge in [-0.05, 0) is 6.92 Å². The summed E-state index contributed by atoms with van der Waals surface area (Å²) in [4.78, 5) is 21.8. The number of carbonyl (C=O) groups is 2. The van der Waals surface area contributed by atoms with E-state index >= 15 is 0 Å². The fourth-order valence-corrected chi connectivity index (χ4v) is 1.10. The first-order chi connectivity index (χ1) is 6.61. The van der Waals surface area contributed by atoms with Crippen molar-refractivity contribution in [2.75, 3.05) is 19.7 Å². The maximum Gasteiger partial charge on any atom is 0.325 e. The van der Waals surface area contributed by atoms with Crippen LogP contribution in [0.3, 0.4) is 0 Å². The second-order valence-electron chi connectivity index (χ2n) is 3.13. The van der Waals surface area contributed by atoms with E-state index in [2.05, 4.69) is 10.6 Å². The van der Waals surface area contributed by atoms with Crippen LogP contribution in [0.15, 0.2) is 0 Å². The molecule has 0 radical (unpaired) electrons. The van der Waals surface area contributed by atoms with Gasteiger partial charge in [0.15, 0.2) is 0 Å². The summed E-state index contributed by atoms with van der Waals surface area (Å²) in [6.45, 7) is 3.03. The molecular weight excluding hydrogens is 188 g/mol. The maximum atomic E-state index is 11.4. The Morgan fingerprint density at radius 1 is 1.64 bits per heavy atom. The zero-order valence-corrected chi connectivity index (χ0v) is 7.95. The van der Waals surface area contributed by atoms with Crippen LogP contribution >= 0.6 is 0 Å². The molecule has 80 valence electrons. The van der Waals surface area contributed by atoms with Crippen LogP contribution in [0.25, 0.3) is 0 Å². The van der Waals surface area contributed by atoms with Gasteiger partial charge in [-0.3, -0.25) is 9.59 Å². The topological polar surface area (TPSA) is 87.7 Å². The van der Waals surface area contributed by atoms with E-state index in [1.165, 1.54) is 6.92 Å². The summed E-state index contributed by atoms with van der Waals surface area (Å²) < 4.78 is 5.15. The average Bonchev–Trinajstić information content (AvgIpc) is 2.19. The fourth-order valence-electron chi connectivity index (χ4n) is 1.10. The minimum Gasteiger partial charge on any atom is -0.480 e. The lowest BCUT2D eigenvalue weighted by molar-refractivity contribution is -0.144. The molecule has 1 fully saturated rings. The molecule has 2 unspecified atom stereocenters. The summed E-state index contributed by atoms with van der Waals surface area (Å²) in [5.74, 6) is -1.44. The quantitative estimate of drug-likeness (QED) is 0.522. The van der Waals surface area contributed by atoms with Crippen LogP contribution in [0.4, 0.5) is 0 Å². The van der Waals surface area contributed by atoms with Crippen molar-refractivity contribution >= 4 is 11.9 Å². The molecule has 0 aromatic carbocycles. The van der Waals surface area contributed by atoms with Crippen molar-refractivity contribution < 1.29 is 19.4 Å². The van der Waals surface area contributed by atoms with E-state index in [0.29, 0.717) is 13.2 Å². The summed E-state index contributed by atoms with van der Waals surface area (Å²) >= 11 is 0. The predicted molar refractivity (Wildman–Crippen MR) is 47.9 cm³/mol. The zero-order chi connectivity index (χ0) is 10.6. The molecule has 1 amide bonds. The van der Waals surface area contributed by atoms with Gasteiger partial charge in [0.05, 0.1) is 6.61 Å². The average molecular weight is 202 g/mol. The number of rotatable bonds is 3. The van der Waals surface area contributed by atoms with E-state index in [1.54, 1.807) is 0 Å². The Morgan fingerprint density at radius 3 is 2.86 bits per heavy atom. The van der Waals surface area contributed by atoms with Crippen molar-refractivity contribution in [1.29, 1.82) is 0 Å². The molecule has 0 aromatic heterocycles. The van der Waals surface area contributed by atoms with Crippen molar-refractivity contribution in [1.82, 2.24) is 10.6 Å². The predicted octanol–water partition coefficient (Wildman–Crippen LogP) is -1.44. The van der Waals surface area contributed by atoms with Crippen LogP contribution in [-0.2, 0) is 14.3 Å². The molecule has 6 heteroatoms. The first-order valence-corrected chi connectivity index (χ1v) is 4.46. The number of amides is 1. The third kappa shape index (κ3) is 2.97. The molecule has 1 rings (SSSR count). The van der Waals surface area contributed by atoms with Gasteiger partial charge in [0.1, 0.15) is 12.1 Å². The van der Waals surface area contributed by atoms with Crippen LogP contribution in [0.1, 0.15) is 6.92 Å². The standard InChI is InChI=1S/C8H14N2O4/c1-5(8(12)13)10-7(11)6-4-9-2-3-14-6/h5-6,9H,2-4H2,1H3,(H,10,11)(H,12,13). The molecule has 1 saturated heterocycles. The molecule has 0 saturated carbocycles. The smallest absolute Gasteiger partial charge is 0.325 e. The van der Waals surface area contributed by atoms with Gasteiger partial charge in [0.2, 0.25) is 0 Å². The van der Waals surface area contributed by atoms with E-state index in [4.69, 9.17) is 9.84 Å². The Balaban J connectivity index is 2.36. The van der Waals surface area contributed by atoms with E-state index < -0.39 is 18.1 Å². The highest BCUT2D eigenvalue weighted by atomic mass is 16.5. The number of carbonyl (C=O) groups excluding carboxylic acids is 1. The van der Waals surface area contributed by atoms with Crippen molar-refractivity contribution in [3.05, 3.63) is 0 Å². The molecule has 1 heterocycles. The third-order valence-corrected chi connectivity index (χ3v) is 1.95. The van der Waals surface area contributed by atoms with Gasteiger partial charge in [0.25, 0.3) is 5.91 Å². The van der Waals surface area contributed by atoms with Gasteiger partial charge in [-0.1, -0.05) is 0 Å². The Hall–Kier alpha value is -1.14. The van der Waals surface area contributed by atoms with Crippen molar-refractivity contribution in [3.63, 3.8) is 0 Å². The Morgan fingerprint density at radius 2 is 2.36 bits per heavy atom. The number of carboxylic acids is 1. The lowest BCUT2D eigenvalue weighted by Gasteiger charge is -2.23. The first-order valence-electron chi connectivity index (χ1n) is 4.46.